The number of urea groups is 1. The van der Waals surface area contributed by atoms with Gasteiger partial charge < -0.3 is 20.7 Å². The van der Waals surface area contributed by atoms with Crippen molar-refractivity contribution < 1.29 is 14.3 Å². The summed E-state index contributed by atoms with van der Waals surface area (Å²) in [7, 11) is 0. The van der Waals surface area contributed by atoms with Crippen LogP contribution in [0.3, 0.4) is 0 Å². The smallest absolute Gasteiger partial charge is 0.315 e. The second kappa shape index (κ2) is 8.48. The molecule has 0 aromatic heterocycles. The number of carbonyl (C=O) groups is 2. The Balaban J connectivity index is 1.52. The highest BCUT2D eigenvalue weighted by Gasteiger charge is 2.42. The van der Waals surface area contributed by atoms with Crippen LogP contribution in [0.1, 0.15) is 32.6 Å². The van der Waals surface area contributed by atoms with Crippen LogP contribution in [0.25, 0.3) is 0 Å². The van der Waals surface area contributed by atoms with E-state index >= 15 is 0 Å². The van der Waals surface area contributed by atoms with E-state index < -0.39 is 0 Å². The first-order valence-electron chi connectivity index (χ1n) is 7.73. The Bertz CT molecular complexity index is 367. The van der Waals surface area contributed by atoms with Gasteiger partial charge in [0.25, 0.3) is 0 Å². The maximum atomic E-state index is 11.6. The van der Waals surface area contributed by atoms with Gasteiger partial charge in [-0.05, 0) is 19.8 Å². The van der Waals surface area contributed by atoms with Gasteiger partial charge in [0.2, 0.25) is 5.91 Å². The Morgan fingerprint density at radius 2 is 2.29 bits per heavy atom. The fraction of sp³-hybridized carbons (Fsp3) is 0.857. The number of nitrogens with one attached hydrogen (secondary N) is 3. The summed E-state index contributed by atoms with van der Waals surface area (Å²) >= 11 is 1.92. The van der Waals surface area contributed by atoms with Crippen molar-refractivity contribution in [3.8, 4) is 0 Å². The van der Waals surface area contributed by atoms with Gasteiger partial charge in [-0.1, -0.05) is 6.42 Å². The van der Waals surface area contributed by atoms with E-state index in [0.717, 1.165) is 25.0 Å². The molecule has 0 aliphatic carbocycles. The average molecular weight is 315 g/mol. The van der Waals surface area contributed by atoms with Gasteiger partial charge >= 0.3 is 6.03 Å². The molecule has 0 spiro atoms. The molecule has 120 valence electrons. The third-order valence-electron chi connectivity index (χ3n) is 3.85. The fourth-order valence-corrected chi connectivity index (χ4v) is 4.31. The van der Waals surface area contributed by atoms with Gasteiger partial charge in [0.1, 0.15) is 0 Å². The van der Waals surface area contributed by atoms with Crippen LogP contribution < -0.4 is 16.0 Å². The van der Waals surface area contributed by atoms with Crippen molar-refractivity contribution in [2.24, 2.45) is 0 Å². The van der Waals surface area contributed by atoms with Crippen LogP contribution in [0.4, 0.5) is 4.79 Å². The minimum atomic E-state index is -0.0380. The van der Waals surface area contributed by atoms with Crippen molar-refractivity contribution >= 4 is 23.7 Å². The Morgan fingerprint density at radius 3 is 3.10 bits per heavy atom. The van der Waals surface area contributed by atoms with Crippen molar-refractivity contribution in [2.75, 3.05) is 25.5 Å². The predicted molar refractivity (Wildman–Crippen MR) is 83.5 cm³/mol. The van der Waals surface area contributed by atoms with Gasteiger partial charge in [0, 0.05) is 30.6 Å². The molecule has 3 atom stereocenters. The number of thioether (sulfide) groups is 1. The molecule has 3 unspecified atom stereocenters. The van der Waals surface area contributed by atoms with E-state index in [9.17, 15) is 9.59 Å². The zero-order chi connectivity index (χ0) is 15.1. The van der Waals surface area contributed by atoms with Gasteiger partial charge in [-0.15, -0.1) is 0 Å². The third kappa shape index (κ3) is 5.07. The van der Waals surface area contributed by atoms with Crippen molar-refractivity contribution in [3.63, 3.8) is 0 Å². The molecule has 2 aliphatic rings. The first kappa shape index (κ1) is 16.4. The summed E-state index contributed by atoms with van der Waals surface area (Å²) < 4.78 is 5.17. The second-order valence-electron chi connectivity index (χ2n) is 5.41. The Labute approximate surface area is 130 Å². The number of hydrogen-bond acceptors (Lipinski definition) is 4. The molecule has 3 amide bonds. The molecular weight excluding hydrogens is 290 g/mol. The standard InChI is InChI=1S/C14H25N3O3S/c1-2-20-8-7-15-12(18)6-4-3-5-11-13-10(9-21-11)16-14(19)17-13/h10-11,13H,2-9H2,1H3,(H,15,18)(H2,16,17,19). The van der Waals surface area contributed by atoms with E-state index in [-0.39, 0.29) is 24.0 Å². The lowest BCUT2D eigenvalue weighted by atomic mass is 10.0. The Morgan fingerprint density at radius 1 is 1.43 bits per heavy atom. The van der Waals surface area contributed by atoms with Crippen LogP contribution in [-0.2, 0) is 9.53 Å². The second-order valence-corrected chi connectivity index (χ2v) is 6.69. The zero-order valence-electron chi connectivity index (χ0n) is 12.5. The molecule has 0 saturated carbocycles. The molecule has 7 heteroatoms. The molecule has 0 bridgehead atoms. The van der Waals surface area contributed by atoms with E-state index in [1.54, 1.807) is 0 Å². The van der Waals surface area contributed by atoms with E-state index in [1.807, 2.05) is 18.7 Å². The van der Waals surface area contributed by atoms with Crippen molar-refractivity contribution in [2.45, 2.75) is 49.9 Å². The number of ether oxygens (including phenoxy) is 1. The normalized spacial score (nSPS) is 27.1. The summed E-state index contributed by atoms with van der Waals surface area (Å²) in [6, 6.07) is 0.515. The van der Waals surface area contributed by atoms with Crippen LogP contribution in [0.15, 0.2) is 0 Å². The van der Waals surface area contributed by atoms with E-state index in [1.165, 1.54) is 0 Å². The molecule has 2 rings (SSSR count). The lowest BCUT2D eigenvalue weighted by molar-refractivity contribution is -0.121. The molecule has 6 nitrogen and oxygen atoms in total. The molecule has 2 heterocycles. The first-order valence-corrected chi connectivity index (χ1v) is 8.78. The molecule has 2 aliphatic heterocycles. The number of amides is 3. The van der Waals surface area contributed by atoms with Gasteiger partial charge in [0.15, 0.2) is 0 Å². The molecule has 2 saturated heterocycles. The minimum absolute atomic E-state index is 0.0380. The molecule has 21 heavy (non-hydrogen) atoms. The maximum Gasteiger partial charge on any atom is 0.315 e. The molecule has 0 aromatic carbocycles. The first-order chi connectivity index (χ1) is 10.2. The van der Waals surface area contributed by atoms with Gasteiger partial charge in [-0.3, -0.25) is 4.79 Å². The highest BCUT2D eigenvalue weighted by molar-refractivity contribution is 8.00. The van der Waals surface area contributed by atoms with Gasteiger partial charge in [-0.25, -0.2) is 4.79 Å². The number of rotatable bonds is 9. The number of unbranched alkanes of at least 4 members (excludes halogenated alkanes) is 1. The quantitative estimate of drug-likeness (QED) is 0.436. The maximum absolute atomic E-state index is 11.6. The van der Waals surface area contributed by atoms with E-state index in [2.05, 4.69) is 16.0 Å². The topological polar surface area (TPSA) is 79.5 Å². The lowest BCUT2D eigenvalue weighted by Gasteiger charge is -2.16. The Hall–Kier alpha value is -0.950. The summed E-state index contributed by atoms with van der Waals surface area (Å²) in [6.07, 6.45) is 3.55. The van der Waals surface area contributed by atoms with Crippen LogP contribution in [0.5, 0.6) is 0 Å². The van der Waals surface area contributed by atoms with Crippen molar-refractivity contribution in [3.05, 3.63) is 0 Å². The van der Waals surface area contributed by atoms with Gasteiger partial charge in [0.05, 0.1) is 18.7 Å². The van der Waals surface area contributed by atoms with Crippen molar-refractivity contribution in [1.82, 2.24) is 16.0 Å². The summed E-state index contributed by atoms with van der Waals surface area (Å²) in [6.45, 7) is 3.79. The number of carbonyl (C=O) groups excluding carboxylic acids is 2. The zero-order valence-corrected chi connectivity index (χ0v) is 13.3. The largest absolute Gasteiger partial charge is 0.380 e. The minimum Gasteiger partial charge on any atom is -0.380 e. The number of hydrogen-bond donors (Lipinski definition) is 3. The summed E-state index contributed by atoms with van der Waals surface area (Å²) in [5.74, 6) is 1.09. The predicted octanol–water partition coefficient (Wildman–Crippen LogP) is 0.865. The molecular formula is C14H25N3O3S. The SMILES string of the molecule is CCOCCNC(=O)CCCCC1SCC2NC(=O)NC21. The van der Waals surface area contributed by atoms with Crippen LogP contribution in [0.2, 0.25) is 0 Å². The highest BCUT2D eigenvalue weighted by Crippen LogP contribution is 2.33. The number of fused-ring (bicyclic) bond motifs is 1. The fourth-order valence-electron chi connectivity index (χ4n) is 2.77. The van der Waals surface area contributed by atoms with Gasteiger partial charge in [-0.2, -0.15) is 11.8 Å². The van der Waals surface area contributed by atoms with Crippen LogP contribution in [-0.4, -0.2) is 54.8 Å². The summed E-state index contributed by atoms with van der Waals surface area (Å²) in [4.78, 5) is 22.9. The van der Waals surface area contributed by atoms with E-state index in [4.69, 9.17) is 4.74 Å². The summed E-state index contributed by atoms with van der Waals surface area (Å²) in [5, 5.41) is 9.27. The molecule has 0 radical (unpaired) electrons. The highest BCUT2D eigenvalue weighted by atomic mass is 32.2. The lowest BCUT2D eigenvalue weighted by Crippen LogP contribution is -2.36. The monoisotopic (exact) mass is 315 g/mol. The molecule has 2 fully saturated rings. The Kier molecular flexibility index (Phi) is 6.63. The molecule has 3 N–H and O–H groups in total. The van der Waals surface area contributed by atoms with E-state index in [0.29, 0.717) is 31.4 Å². The van der Waals surface area contributed by atoms with Crippen molar-refractivity contribution in [1.29, 1.82) is 0 Å². The van der Waals surface area contributed by atoms with Crippen LogP contribution in [0, 0.1) is 0 Å². The summed E-state index contributed by atoms with van der Waals surface area (Å²) in [5.41, 5.74) is 0. The molecule has 0 aromatic rings. The van der Waals surface area contributed by atoms with Crippen LogP contribution >= 0.6 is 11.8 Å². The third-order valence-corrected chi connectivity index (χ3v) is 5.36. The average Bonchev–Trinajstić information content (AvgIpc) is 2.99.